The van der Waals surface area contributed by atoms with Crippen molar-refractivity contribution >= 4 is 37.5 Å². The molecule has 3 rings (SSSR count). The van der Waals surface area contributed by atoms with Gasteiger partial charge in [-0.3, -0.25) is 14.3 Å². The lowest BCUT2D eigenvalue weighted by Crippen LogP contribution is -2.13. The average molecular weight is 321 g/mol. The zero-order valence-corrected chi connectivity index (χ0v) is 11.7. The number of nitrogens with zero attached hydrogens (tertiary/aromatic N) is 2. The van der Waals surface area contributed by atoms with Gasteiger partial charge in [-0.1, -0.05) is 23.5 Å². The van der Waals surface area contributed by atoms with Crippen molar-refractivity contribution in [3.8, 4) is 0 Å². The summed E-state index contributed by atoms with van der Waals surface area (Å²) in [6.07, 6.45) is 3.52. The number of para-hydroxylation sites is 1. The molecule has 3 nitrogen and oxygen atoms in total. The standard InChI is InChI=1S/C13H9BrN2OS/c14-10-5-9(6-15-7-10)8-16-11-3-1-2-4-12(11)18-13(16)17/h1-7H,8H2. The summed E-state index contributed by atoms with van der Waals surface area (Å²) in [5, 5.41) is 0. The van der Waals surface area contributed by atoms with Gasteiger partial charge < -0.3 is 0 Å². The summed E-state index contributed by atoms with van der Waals surface area (Å²) in [4.78, 5) is 16.2. The van der Waals surface area contributed by atoms with Crippen molar-refractivity contribution in [2.24, 2.45) is 0 Å². The molecular formula is C13H9BrN2OS. The van der Waals surface area contributed by atoms with Gasteiger partial charge in [-0.25, -0.2) is 0 Å². The van der Waals surface area contributed by atoms with E-state index < -0.39 is 0 Å². The minimum atomic E-state index is 0.0659. The van der Waals surface area contributed by atoms with Gasteiger partial charge >= 0.3 is 4.87 Å². The van der Waals surface area contributed by atoms with Crippen LogP contribution in [0.15, 0.2) is 52.0 Å². The number of fused-ring (bicyclic) bond motifs is 1. The normalized spacial score (nSPS) is 10.9. The maximum absolute atomic E-state index is 12.0. The van der Waals surface area contributed by atoms with Crippen molar-refractivity contribution in [1.82, 2.24) is 9.55 Å². The van der Waals surface area contributed by atoms with Crippen LogP contribution in [0.3, 0.4) is 0 Å². The molecule has 0 atom stereocenters. The summed E-state index contributed by atoms with van der Waals surface area (Å²) in [6.45, 7) is 0.551. The van der Waals surface area contributed by atoms with E-state index in [9.17, 15) is 4.79 Å². The third-order valence-corrected chi connectivity index (χ3v) is 4.07. The Morgan fingerprint density at radius 1 is 1.28 bits per heavy atom. The molecule has 2 heterocycles. The largest absolute Gasteiger partial charge is 0.308 e. The SMILES string of the molecule is O=c1sc2ccccc2n1Cc1cncc(Br)c1. The van der Waals surface area contributed by atoms with Crippen LogP contribution in [0.4, 0.5) is 0 Å². The molecule has 5 heteroatoms. The van der Waals surface area contributed by atoms with Crippen LogP contribution in [-0.4, -0.2) is 9.55 Å². The number of thiazole rings is 1. The minimum Gasteiger partial charge on any atom is -0.294 e. The second kappa shape index (κ2) is 4.66. The van der Waals surface area contributed by atoms with E-state index in [2.05, 4.69) is 20.9 Å². The Morgan fingerprint density at radius 2 is 2.11 bits per heavy atom. The van der Waals surface area contributed by atoms with Crippen molar-refractivity contribution in [2.75, 3.05) is 0 Å². The van der Waals surface area contributed by atoms with E-state index in [1.807, 2.05) is 30.3 Å². The Labute approximate surface area is 116 Å². The van der Waals surface area contributed by atoms with Gasteiger partial charge in [-0.2, -0.15) is 0 Å². The van der Waals surface area contributed by atoms with E-state index in [0.717, 1.165) is 20.3 Å². The Bertz CT molecular complexity index is 763. The number of hydrogen-bond donors (Lipinski definition) is 0. The van der Waals surface area contributed by atoms with E-state index in [-0.39, 0.29) is 4.87 Å². The summed E-state index contributed by atoms with van der Waals surface area (Å²) < 4.78 is 3.72. The molecule has 0 spiro atoms. The molecule has 0 radical (unpaired) electrons. The minimum absolute atomic E-state index is 0.0659. The molecule has 0 unspecified atom stereocenters. The van der Waals surface area contributed by atoms with Gasteiger partial charge in [0.2, 0.25) is 0 Å². The van der Waals surface area contributed by atoms with Crippen molar-refractivity contribution in [3.63, 3.8) is 0 Å². The van der Waals surface area contributed by atoms with Crippen LogP contribution in [0.1, 0.15) is 5.56 Å². The third-order valence-electron chi connectivity index (χ3n) is 2.68. The first-order valence-electron chi connectivity index (χ1n) is 5.42. The predicted molar refractivity (Wildman–Crippen MR) is 77.1 cm³/mol. The Kier molecular flexibility index (Phi) is 3.01. The van der Waals surface area contributed by atoms with Crippen LogP contribution in [0.2, 0.25) is 0 Å². The zero-order valence-electron chi connectivity index (χ0n) is 9.34. The van der Waals surface area contributed by atoms with Gasteiger partial charge in [0.1, 0.15) is 0 Å². The molecule has 0 bridgehead atoms. The molecule has 0 fully saturated rings. The molecule has 0 aliphatic rings. The monoisotopic (exact) mass is 320 g/mol. The van der Waals surface area contributed by atoms with Crippen LogP contribution >= 0.6 is 27.3 Å². The smallest absolute Gasteiger partial charge is 0.294 e. The fourth-order valence-electron chi connectivity index (χ4n) is 1.89. The maximum atomic E-state index is 12.0. The molecule has 0 saturated carbocycles. The predicted octanol–water partition coefficient (Wildman–Crippen LogP) is 3.27. The van der Waals surface area contributed by atoms with Crippen molar-refractivity contribution in [2.45, 2.75) is 6.54 Å². The number of benzene rings is 1. The lowest BCUT2D eigenvalue weighted by molar-refractivity contribution is 0.810. The van der Waals surface area contributed by atoms with Crippen LogP contribution in [0.5, 0.6) is 0 Å². The lowest BCUT2D eigenvalue weighted by Gasteiger charge is -2.03. The molecular weight excluding hydrogens is 312 g/mol. The fraction of sp³-hybridized carbons (Fsp3) is 0.0769. The second-order valence-corrected chi connectivity index (χ2v) is 5.84. The van der Waals surface area contributed by atoms with E-state index in [0.29, 0.717) is 6.54 Å². The highest BCUT2D eigenvalue weighted by Crippen LogP contribution is 2.18. The van der Waals surface area contributed by atoms with Crippen LogP contribution in [-0.2, 0) is 6.54 Å². The van der Waals surface area contributed by atoms with Gasteiger partial charge in [0.25, 0.3) is 0 Å². The molecule has 18 heavy (non-hydrogen) atoms. The lowest BCUT2D eigenvalue weighted by atomic mass is 10.2. The number of halogens is 1. The number of hydrogen-bond acceptors (Lipinski definition) is 3. The highest BCUT2D eigenvalue weighted by atomic mass is 79.9. The van der Waals surface area contributed by atoms with E-state index >= 15 is 0 Å². The Hall–Kier alpha value is -1.46. The quantitative estimate of drug-likeness (QED) is 0.726. The molecule has 0 aliphatic heterocycles. The highest BCUT2D eigenvalue weighted by Gasteiger charge is 2.07. The number of pyridine rings is 1. The fourth-order valence-corrected chi connectivity index (χ4v) is 3.19. The Morgan fingerprint density at radius 3 is 2.94 bits per heavy atom. The first-order valence-corrected chi connectivity index (χ1v) is 7.03. The summed E-state index contributed by atoms with van der Waals surface area (Å²) in [6, 6.07) is 9.81. The second-order valence-electron chi connectivity index (χ2n) is 3.93. The van der Waals surface area contributed by atoms with Gasteiger partial charge in [-0.05, 0) is 39.7 Å². The third kappa shape index (κ3) is 2.11. The Balaban J connectivity index is 2.10. The van der Waals surface area contributed by atoms with Crippen molar-refractivity contribution in [3.05, 3.63) is 62.4 Å². The zero-order chi connectivity index (χ0) is 12.5. The number of rotatable bonds is 2. The maximum Gasteiger partial charge on any atom is 0.308 e. The van der Waals surface area contributed by atoms with Crippen LogP contribution in [0.25, 0.3) is 10.2 Å². The molecule has 90 valence electrons. The first-order chi connectivity index (χ1) is 8.74. The summed E-state index contributed by atoms with van der Waals surface area (Å²) in [7, 11) is 0. The molecule has 0 aliphatic carbocycles. The molecule has 0 saturated heterocycles. The molecule has 0 amide bonds. The molecule has 3 aromatic rings. The highest BCUT2D eigenvalue weighted by molar-refractivity contribution is 9.10. The van der Waals surface area contributed by atoms with Gasteiger partial charge in [0.15, 0.2) is 0 Å². The van der Waals surface area contributed by atoms with Crippen molar-refractivity contribution in [1.29, 1.82) is 0 Å². The first kappa shape index (κ1) is 11.6. The van der Waals surface area contributed by atoms with Gasteiger partial charge in [0.05, 0.1) is 16.8 Å². The summed E-state index contributed by atoms with van der Waals surface area (Å²) in [5.41, 5.74) is 1.99. The van der Waals surface area contributed by atoms with E-state index in [1.165, 1.54) is 11.3 Å². The molecule has 0 N–H and O–H groups in total. The number of aromatic nitrogens is 2. The topological polar surface area (TPSA) is 34.9 Å². The molecule has 1 aromatic carbocycles. The van der Waals surface area contributed by atoms with Crippen LogP contribution < -0.4 is 4.87 Å². The van der Waals surface area contributed by atoms with Crippen LogP contribution in [0, 0.1) is 0 Å². The summed E-state index contributed by atoms with van der Waals surface area (Å²) in [5.74, 6) is 0. The van der Waals surface area contributed by atoms with E-state index in [4.69, 9.17) is 0 Å². The van der Waals surface area contributed by atoms with Gasteiger partial charge in [0, 0.05) is 16.9 Å². The summed E-state index contributed by atoms with van der Waals surface area (Å²) >= 11 is 4.66. The van der Waals surface area contributed by atoms with E-state index in [1.54, 1.807) is 17.0 Å². The molecule has 2 aromatic heterocycles. The van der Waals surface area contributed by atoms with Crippen molar-refractivity contribution < 1.29 is 0 Å². The average Bonchev–Trinajstić information content (AvgIpc) is 2.66. The van der Waals surface area contributed by atoms with Gasteiger partial charge in [-0.15, -0.1) is 0 Å².